The summed E-state index contributed by atoms with van der Waals surface area (Å²) < 4.78 is 35.6. The number of hydrogen-bond acceptors (Lipinski definition) is 6. The van der Waals surface area contributed by atoms with Crippen LogP contribution < -0.4 is 20.7 Å². The molecule has 1 fully saturated rings. The van der Waals surface area contributed by atoms with Crippen LogP contribution in [0.1, 0.15) is 29.3 Å². The second-order valence-electron chi connectivity index (χ2n) is 8.98. The Bertz CT molecular complexity index is 1450. The molecule has 1 saturated heterocycles. The van der Waals surface area contributed by atoms with Crippen molar-refractivity contribution in [2.24, 2.45) is 5.92 Å². The Balaban J connectivity index is 1.40. The minimum atomic E-state index is -1.06. The highest BCUT2D eigenvalue weighted by Gasteiger charge is 2.20. The van der Waals surface area contributed by atoms with Gasteiger partial charge in [0.05, 0.1) is 19.0 Å². The molecule has 192 valence electrons. The van der Waals surface area contributed by atoms with Gasteiger partial charge in [-0.3, -0.25) is 9.20 Å². The molecule has 3 heterocycles. The molecule has 2 aromatic heterocycles. The highest BCUT2D eigenvalue weighted by molar-refractivity contribution is 5.96. The van der Waals surface area contributed by atoms with E-state index in [4.69, 9.17) is 4.74 Å². The van der Waals surface area contributed by atoms with Crippen LogP contribution in [0.3, 0.4) is 0 Å². The second kappa shape index (κ2) is 10.5. The van der Waals surface area contributed by atoms with E-state index in [0.717, 1.165) is 30.8 Å². The van der Waals surface area contributed by atoms with E-state index >= 15 is 0 Å². The maximum Gasteiger partial charge on any atom is 0.251 e. The minimum absolute atomic E-state index is 0.0555. The summed E-state index contributed by atoms with van der Waals surface area (Å²) in [5.41, 5.74) is 3.15. The first kappa shape index (κ1) is 24.6. The van der Waals surface area contributed by atoms with Gasteiger partial charge in [-0.2, -0.15) is 4.39 Å². The van der Waals surface area contributed by atoms with Crippen molar-refractivity contribution in [3.63, 3.8) is 0 Å². The summed E-state index contributed by atoms with van der Waals surface area (Å²) in [6.45, 7) is 4.57. The van der Waals surface area contributed by atoms with E-state index in [2.05, 4.69) is 25.9 Å². The summed E-state index contributed by atoms with van der Waals surface area (Å²) in [6, 6.07) is 8.37. The molecule has 0 unspecified atom stereocenters. The fourth-order valence-electron chi connectivity index (χ4n) is 4.64. The van der Waals surface area contributed by atoms with Crippen LogP contribution in [0.15, 0.2) is 48.9 Å². The van der Waals surface area contributed by atoms with Crippen molar-refractivity contribution in [3.05, 3.63) is 71.7 Å². The van der Waals surface area contributed by atoms with E-state index in [1.165, 1.54) is 25.4 Å². The Morgan fingerprint density at radius 1 is 1.22 bits per heavy atom. The molecule has 2 aromatic carbocycles. The number of carbonyl (C=O) groups excluding carboxylic acids is 1. The van der Waals surface area contributed by atoms with Crippen molar-refractivity contribution in [1.82, 2.24) is 25.0 Å². The maximum absolute atomic E-state index is 14.8. The van der Waals surface area contributed by atoms with Crippen LogP contribution in [-0.4, -0.2) is 47.0 Å². The third-order valence-electron chi connectivity index (χ3n) is 6.68. The van der Waals surface area contributed by atoms with Gasteiger partial charge in [-0.25, -0.2) is 14.4 Å². The van der Waals surface area contributed by atoms with E-state index in [1.807, 2.05) is 19.1 Å². The van der Waals surface area contributed by atoms with Crippen molar-refractivity contribution < 1.29 is 18.3 Å². The molecule has 5 rings (SSSR count). The predicted molar refractivity (Wildman–Crippen MR) is 137 cm³/mol. The highest BCUT2D eigenvalue weighted by atomic mass is 19.2. The maximum atomic E-state index is 14.8. The lowest BCUT2D eigenvalue weighted by Gasteiger charge is -2.14. The van der Waals surface area contributed by atoms with E-state index in [1.54, 1.807) is 22.9 Å². The fraction of sp³-hybridized carbons (Fsp3) is 0.296. The highest BCUT2D eigenvalue weighted by Crippen LogP contribution is 2.31. The lowest BCUT2D eigenvalue weighted by Crippen LogP contribution is -2.30. The van der Waals surface area contributed by atoms with Crippen molar-refractivity contribution in [2.75, 3.05) is 32.1 Å². The number of imidazole rings is 1. The number of aryl methyl sites for hydroxylation is 1. The van der Waals surface area contributed by atoms with Crippen LogP contribution in [0.5, 0.6) is 5.75 Å². The number of benzene rings is 2. The van der Waals surface area contributed by atoms with Crippen LogP contribution in [0, 0.1) is 17.6 Å². The predicted octanol–water partition coefficient (Wildman–Crippen LogP) is 4.33. The van der Waals surface area contributed by atoms with E-state index in [-0.39, 0.29) is 17.2 Å². The van der Waals surface area contributed by atoms with E-state index in [9.17, 15) is 13.6 Å². The fourth-order valence-corrected chi connectivity index (χ4v) is 4.64. The Labute approximate surface area is 213 Å². The number of anilines is 2. The molecule has 3 N–H and O–H groups in total. The molecule has 8 nitrogen and oxygen atoms in total. The van der Waals surface area contributed by atoms with Crippen LogP contribution in [0.2, 0.25) is 0 Å². The minimum Gasteiger partial charge on any atom is -0.494 e. The first-order valence-corrected chi connectivity index (χ1v) is 12.2. The van der Waals surface area contributed by atoms with Gasteiger partial charge in [0.25, 0.3) is 5.91 Å². The molecule has 1 aliphatic rings. The molecule has 0 radical (unpaired) electrons. The van der Waals surface area contributed by atoms with Gasteiger partial charge in [0.15, 0.2) is 23.0 Å². The van der Waals surface area contributed by atoms with Gasteiger partial charge in [-0.05, 0) is 67.7 Å². The number of nitrogens with zero attached hydrogens (tertiary/aromatic N) is 3. The number of amides is 1. The van der Waals surface area contributed by atoms with Gasteiger partial charge in [-0.1, -0.05) is 6.92 Å². The van der Waals surface area contributed by atoms with Crippen molar-refractivity contribution in [3.8, 4) is 17.0 Å². The van der Waals surface area contributed by atoms with Gasteiger partial charge < -0.3 is 20.7 Å². The van der Waals surface area contributed by atoms with E-state index in [0.29, 0.717) is 41.6 Å². The third kappa shape index (κ3) is 4.84. The summed E-state index contributed by atoms with van der Waals surface area (Å²) in [7, 11) is 1.28. The number of fused-ring (bicyclic) bond motifs is 1. The van der Waals surface area contributed by atoms with Crippen LogP contribution in [0.4, 0.5) is 20.3 Å². The molecule has 0 spiro atoms. The number of nitrogens with one attached hydrogen (secondary N) is 3. The average Bonchev–Trinajstić information content (AvgIpc) is 3.59. The monoisotopic (exact) mass is 506 g/mol. The number of ether oxygens (including phenoxy) is 1. The number of halogens is 2. The van der Waals surface area contributed by atoms with E-state index < -0.39 is 11.6 Å². The van der Waals surface area contributed by atoms with Crippen LogP contribution in [-0.2, 0) is 6.42 Å². The van der Waals surface area contributed by atoms with Crippen LogP contribution in [0.25, 0.3) is 16.9 Å². The molecular weight excluding hydrogens is 478 g/mol. The lowest BCUT2D eigenvalue weighted by molar-refractivity contribution is 0.0947. The Hall–Kier alpha value is -4.05. The first-order valence-electron chi connectivity index (χ1n) is 12.2. The molecule has 37 heavy (non-hydrogen) atoms. The third-order valence-corrected chi connectivity index (χ3v) is 6.68. The van der Waals surface area contributed by atoms with Crippen molar-refractivity contribution in [2.45, 2.75) is 19.8 Å². The number of methoxy groups -OCH3 is 1. The molecule has 4 aromatic rings. The van der Waals surface area contributed by atoms with Gasteiger partial charge in [0.2, 0.25) is 5.82 Å². The normalized spacial score (nSPS) is 15.2. The standard InChI is InChI=1S/C27H28F2N6O2/c1-3-17-12-18(4-5-19(17)27(36)33-14-16-8-9-30-13-16)34-25-26-32-15-21(35(26)11-10-31-25)20-6-7-22(37-2)24(29)23(20)28/h4-7,10-12,15-16,30H,3,8-9,13-14H2,1-2H3,(H,31,34)(H,33,36)/t16-/m0/s1. The Morgan fingerprint density at radius 3 is 2.84 bits per heavy atom. The average molecular weight is 507 g/mol. The summed E-state index contributed by atoms with van der Waals surface area (Å²) in [6.07, 6.45) is 6.40. The second-order valence-corrected chi connectivity index (χ2v) is 8.98. The number of aromatic nitrogens is 3. The molecule has 10 heteroatoms. The number of carbonyl (C=O) groups is 1. The zero-order valence-corrected chi connectivity index (χ0v) is 20.6. The van der Waals surface area contributed by atoms with Gasteiger partial charge in [0.1, 0.15) is 0 Å². The summed E-state index contributed by atoms with van der Waals surface area (Å²) in [5.74, 6) is -1.42. The van der Waals surface area contributed by atoms with Gasteiger partial charge in [0, 0.05) is 35.8 Å². The first-order chi connectivity index (χ1) is 18.0. The molecule has 0 aliphatic carbocycles. The Kier molecular flexibility index (Phi) is 7.00. The van der Waals surface area contributed by atoms with Gasteiger partial charge in [-0.15, -0.1) is 0 Å². The number of hydrogen-bond donors (Lipinski definition) is 3. The molecule has 1 atom stereocenters. The number of rotatable bonds is 8. The summed E-state index contributed by atoms with van der Waals surface area (Å²) in [5, 5.41) is 9.61. The molecule has 1 aliphatic heterocycles. The lowest BCUT2D eigenvalue weighted by atomic mass is 10.0. The molecule has 1 amide bonds. The summed E-state index contributed by atoms with van der Waals surface area (Å²) >= 11 is 0. The zero-order chi connectivity index (χ0) is 25.9. The zero-order valence-electron chi connectivity index (χ0n) is 20.6. The molecular formula is C27H28F2N6O2. The largest absolute Gasteiger partial charge is 0.494 e. The van der Waals surface area contributed by atoms with Crippen LogP contribution >= 0.6 is 0 Å². The van der Waals surface area contributed by atoms with Crippen molar-refractivity contribution >= 4 is 23.1 Å². The topological polar surface area (TPSA) is 92.6 Å². The quantitative estimate of drug-likeness (QED) is 0.330. The molecule has 0 saturated carbocycles. The SMILES string of the molecule is CCc1cc(Nc2nccn3c(-c4ccc(OC)c(F)c4F)cnc23)ccc1C(=O)NC[C@H]1CCNC1. The Morgan fingerprint density at radius 2 is 2.08 bits per heavy atom. The summed E-state index contributed by atoms with van der Waals surface area (Å²) in [4.78, 5) is 21.6. The smallest absolute Gasteiger partial charge is 0.251 e. The van der Waals surface area contributed by atoms with Gasteiger partial charge >= 0.3 is 0 Å². The van der Waals surface area contributed by atoms with Crippen molar-refractivity contribution in [1.29, 1.82) is 0 Å². The molecule has 0 bridgehead atoms.